The first-order valence-electron chi connectivity index (χ1n) is 6.55. The lowest BCUT2D eigenvalue weighted by Crippen LogP contribution is -2.41. The van der Waals surface area contributed by atoms with E-state index >= 15 is 0 Å². The quantitative estimate of drug-likeness (QED) is 0.860. The Balaban J connectivity index is 1.99. The smallest absolute Gasteiger partial charge is 0.263 e. The number of ether oxygens (including phenoxy) is 2. The second-order valence-electron chi connectivity index (χ2n) is 4.66. The predicted molar refractivity (Wildman–Crippen MR) is 78.6 cm³/mol. The zero-order valence-corrected chi connectivity index (χ0v) is 12.8. The molecule has 2 rings (SSSR count). The Kier molecular flexibility index (Phi) is 5.52. The van der Waals surface area contributed by atoms with E-state index in [-0.39, 0.29) is 5.91 Å². The van der Waals surface area contributed by atoms with Crippen LogP contribution in [0.25, 0.3) is 0 Å². The van der Waals surface area contributed by atoms with Crippen LogP contribution in [-0.2, 0) is 9.53 Å². The first-order chi connectivity index (χ1) is 9.56. The summed E-state index contributed by atoms with van der Waals surface area (Å²) in [6.45, 7) is 4.29. The third kappa shape index (κ3) is 4.27. The van der Waals surface area contributed by atoms with Crippen molar-refractivity contribution in [3.05, 3.63) is 28.2 Å². The summed E-state index contributed by atoms with van der Waals surface area (Å²) < 4.78 is 11.0. The predicted octanol–water partition coefficient (Wildman–Crippen LogP) is 3.01. The van der Waals surface area contributed by atoms with Crippen LogP contribution in [0.15, 0.2) is 18.2 Å². The molecule has 20 heavy (non-hydrogen) atoms. The molecule has 1 heterocycles. The van der Waals surface area contributed by atoms with E-state index in [2.05, 4.69) is 0 Å². The zero-order chi connectivity index (χ0) is 14.5. The normalized spacial score (nSPS) is 17.4. The van der Waals surface area contributed by atoms with E-state index in [0.29, 0.717) is 42.1 Å². The van der Waals surface area contributed by atoms with Crippen LogP contribution >= 0.6 is 23.2 Å². The van der Waals surface area contributed by atoms with Crippen molar-refractivity contribution in [2.45, 2.75) is 19.4 Å². The van der Waals surface area contributed by atoms with Gasteiger partial charge in [-0.1, -0.05) is 23.2 Å². The molecule has 1 aliphatic rings. The Morgan fingerprint density at radius 2 is 1.95 bits per heavy atom. The van der Waals surface area contributed by atoms with Crippen molar-refractivity contribution in [2.24, 2.45) is 0 Å². The first kappa shape index (κ1) is 15.4. The summed E-state index contributed by atoms with van der Waals surface area (Å²) in [5.41, 5.74) is 0. The third-order valence-electron chi connectivity index (χ3n) is 3.03. The highest BCUT2D eigenvalue weighted by Crippen LogP contribution is 2.25. The lowest BCUT2D eigenvalue weighted by Gasteiger charge is -2.24. The Morgan fingerprint density at radius 1 is 1.25 bits per heavy atom. The van der Waals surface area contributed by atoms with Crippen LogP contribution in [0.3, 0.4) is 0 Å². The monoisotopic (exact) mass is 317 g/mol. The highest BCUT2D eigenvalue weighted by atomic mass is 35.5. The third-order valence-corrected chi connectivity index (χ3v) is 3.47. The van der Waals surface area contributed by atoms with Crippen molar-refractivity contribution in [1.29, 1.82) is 0 Å². The van der Waals surface area contributed by atoms with Crippen molar-refractivity contribution in [1.82, 2.24) is 4.90 Å². The molecule has 0 saturated carbocycles. The van der Waals surface area contributed by atoms with Crippen molar-refractivity contribution >= 4 is 29.1 Å². The molecule has 0 spiro atoms. The number of carbonyl (C=O) groups is 1. The molecule has 1 amide bonds. The molecular formula is C14H17Cl2NO3. The number of amides is 1. The minimum atomic E-state index is -0.581. The molecule has 0 unspecified atom stereocenters. The van der Waals surface area contributed by atoms with Gasteiger partial charge in [0.1, 0.15) is 5.75 Å². The summed E-state index contributed by atoms with van der Waals surface area (Å²) in [5, 5.41) is 0.964. The second-order valence-corrected chi connectivity index (χ2v) is 5.53. The fraction of sp³-hybridized carbons (Fsp3) is 0.500. The van der Waals surface area contributed by atoms with Gasteiger partial charge in [0.2, 0.25) is 0 Å². The van der Waals surface area contributed by atoms with Gasteiger partial charge < -0.3 is 14.4 Å². The minimum Gasteiger partial charge on any atom is -0.481 e. The van der Waals surface area contributed by atoms with Gasteiger partial charge >= 0.3 is 0 Å². The molecule has 0 aromatic heterocycles. The van der Waals surface area contributed by atoms with Crippen molar-refractivity contribution in [3.8, 4) is 5.75 Å². The maximum Gasteiger partial charge on any atom is 0.263 e. The van der Waals surface area contributed by atoms with E-state index < -0.39 is 6.10 Å². The Bertz CT molecular complexity index is 453. The largest absolute Gasteiger partial charge is 0.481 e. The molecule has 0 radical (unpaired) electrons. The standard InChI is InChI=1S/C14H17Cl2NO3/c1-10(14(18)17-3-2-5-19-6-4-17)20-13-8-11(15)7-12(16)9-13/h7-10H,2-6H2,1H3/t10-/m1/s1. The number of halogens is 2. The Hall–Kier alpha value is -0.970. The molecular weight excluding hydrogens is 301 g/mol. The van der Waals surface area contributed by atoms with Gasteiger partial charge in [0, 0.05) is 29.7 Å². The minimum absolute atomic E-state index is 0.0494. The van der Waals surface area contributed by atoms with Gasteiger partial charge in [-0.3, -0.25) is 4.79 Å². The molecule has 1 aromatic rings. The number of rotatable bonds is 3. The molecule has 0 bridgehead atoms. The molecule has 1 saturated heterocycles. The van der Waals surface area contributed by atoms with Crippen molar-refractivity contribution in [3.63, 3.8) is 0 Å². The van der Waals surface area contributed by atoms with Gasteiger partial charge in [-0.2, -0.15) is 0 Å². The van der Waals surface area contributed by atoms with Crippen LogP contribution in [0.4, 0.5) is 0 Å². The fourth-order valence-corrected chi connectivity index (χ4v) is 2.58. The average molecular weight is 318 g/mol. The van der Waals surface area contributed by atoms with Crippen LogP contribution in [0.5, 0.6) is 5.75 Å². The number of hydrogen-bond donors (Lipinski definition) is 0. The first-order valence-corrected chi connectivity index (χ1v) is 7.31. The van der Waals surface area contributed by atoms with Gasteiger partial charge in [-0.25, -0.2) is 0 Å². The molecule has 0 aliphatic carbocycles. The summed E-state index contributed by atoms with van der Waals surface area (Å²) in [7, 11) is 0. The highest BCUT2D eigenvalue weighted by Gasteiger charge is 2.23. The molecule has 1 aliphatic heterocycles. The van der Waals surface area contributed by atoms with E-state index in [9.17, 15) is 4.79 Å². The molecule has 1 fully saturated rings. The van der Waals surface area contributed by atoms with Gasteiger partial charge in [-0.15, -0.1) is 0 Å². The summed E-state index contributed by atoms with van der Waals surface area (Å²) in [6.07, 6.45) is 0.268. The van der Waals surface area contributed by atoms with E-state index in [1.807, 2.05) is 0 Å². The summed E-state index contributed by atoms with van der Waals surface area (Å²) in [5.74, 6) is 0.445. The lowest BCUT2D eigenvalue weighted by atomic mass is 10.3. The van der Waals surface area contributed by atoms with Gasteiger partial charge in [-0.05, 0) is 31.5 Å². The SMILES string of the molecule is C[C@@H](Oc1cc(Cl)cc(Cl)c1)C(=O)N1CCCOCC1. The zero-order valence-electron chi connectivity index (χ0n) is 11.3. The van der Waals surface area contributed by atoms with E-state index in [0.717, 1.165) is 6.42 Å². The number of nitrogens with zero attached hydrogens (tertiary/aromatic N) is 1. The molecule has 1 atom stereocenters. The summed E-state index contributed by atoms with van der Waals surface area (Å²) in [6, 6.07) is 4.90. The van der Waals surface area contributed by atoms with Gasteiger partial charge in [0.15, 0.2) is 6.10 Å². The summed E-state index contributed by atoms with van der Waals surface area (Å²) in [4.78, 5) is 14.1. The van der Waals surface area contributed by atoms with Crippen LogP contribution in [0.1, 0.15) is 13.3 Å². The molecule has 110 valence electrons. The number of carbonyl (C=O) groups excluding carboxylic acids is 1. The lowest BCUT2D eigenvalue weighted by molar-refractivity contribution is -0.138. The van der Waals surface area contributed by atoms with Crippen LogP contribution < -0.4 is 4.74 Å². The van der Waals surface area contributed by atoms with Crippen molar-refractivity contribution < 1.29 is 14.3 Å². The van der Waals surface area contributed by atoms with Crippen LogP contribution in [0, 0.1) is 0 Å². The number of benzene rings is 1. The highest BCUT2D eigenvalue weighted by molar-refractivity contribution is 6.34. The molecule has 4 nitrogen and oxygen atoms in total. The van der Waals surface area contributed by atoms with Crippen LogP contribution in [0.2, 0.25) is 10.0 Å². The molecule has 0 N–H and O–H groups in total. The maximum atomic E-state index is 12.3. The molecule has 1 aromatic carbocycles. The van der Waals surface area contributed by atoms with E-state index in [1.54, 1.807) is 30.0 Å². The topological polar surface area (TPSA) is 38.8 Å². The molecule has 6 heteroatoms. The second kappa shape index (κ2) is 7.16. The van der Waals surface area contributed by atoms with Crippen molar-refractivity contribution in [2.75, 3.05) is 26.3 Å². The van der Waals surface area contributed by atoms with Gasteiger partial charge in [0.05, 0.1) is 6.61 Å². The maximum absolute atomic E-state index is 12.3. The Labute approximate surface area is 128 Å². The summed E-state index contributed by atoms with van der Waals surface area (Å²) >= 11 is 11.8. The van der Waals surface area contributed by atoms with Gasteiger partial charge in [0.25, 0.3) is 5.91 Å². The van der Waals surface area contributed by atoms with Crippen LogP contribution in [-0.4, -0.2) is 43.2 Å². The van der Waals surface area contributed by atoms with E-state index in [1.165, 1.54) is 0 Å². The fourth-order valence-electron chi connectivity index (χ4n) is 2.07. The average Bonchev–Trinajstić information content (AvgIpc) is 2.65. The number of hydrogen-bond acceptors (Lipinski definition) is 3. The van der Waals surface area contributed by atoms with E-state index in [4.69, 9.17) is 32.7 Å². The Morgan fingerprint density at radius 3 is 2.65 bits per heavy atom.